The molecule has 0 aliphatic heterocycles. The van der Waals surface area contributed by atoms with E-state index >= 15 is 0 Å². The van der Waals surface area contributed by atoms with Crippen LogP contribution in [0.5, 0.6) is 0 Å². The quantitative estimate of drug-likeness (QED) is 0.786. The zero-order valence-electron chi connectivity index (χ0n) is 11.5. The average molecular weight is 268 g/mol. The molecule has 2 aromatic rings. The number of esters is 1. The molecule has 0 spiro atoms. The molecule has 0 unspecified atom stereocenters. The summed E-state index contributed by atoms with van der Waals surface area (Å²) in [7, 11) is 1.41. The van der Waals surface area contributed by atoms with E-state index in [9.17, 15) is 4.79 Å². The van der Waals surface area contributed by atoms with Crippen LogP contribution in [-0.4, -0.2) is 17.5 Å². The lowest BCUT2D eigenvalue weighted by Crippen LogP contribution is -2.08. The molecule has 0 saturated heterocycles. The minimum Gasteiger partial charge on any atom is -0.469 e. The van der Waals surface area contributed by atoms with Crippen molar-refractivity contribution in [3.8, 4) is 6.07 Å². The summed E-state index contributed by atoms with van der Waals surface area (Å²) in [6.45, 7) is 0. The minimum absolute atomic E-state index is 0.228. The number of methoxy groups -OCH3 is 1. The van der Waals surface area contributed by atoms with Gasteiger partial charge in [-0.05, 0) is 48.9 Å². The lowest BCUT2D eigenvalue weighted by atomic mass is 9.93. The largest absolute Gasteiger partial charge is 0.469 e. The summed E-state index contributed by atoms with van der Waals surface area (Å²) in [5.74, 6) is -0.228. The van der Waals surface area contributed by atoms with Crippen molar-refractivity contribution >= 4 is 11.5 Å². The molecule has 0 fully saturated rings. The summed E-state index contributed by atoms with van der Waals surface area (Å²) in [5.41, 5.74) is 5.19. The highest BCUT2D eigenvalue weighted by Crippen LogP contribution is 2.31. The van der Waals surface area contributed by atoms with Crippen LogP contribution in [0.4, 0.5) is 0 Å². The Balaban J connectivity index is 2.23. The second kappa shape index (κ2) is 5.01. The van der Waals surface area contributed by atoms with Crippen molar-refractivity contribution in [2.75, 3.05) is 7.11 Å². The van der Waals surface area contributed by atoms with Gasteiger partial charge in [0.2, 0.25) is 0 Å². The molecule has 102 valence electrons. The van der Waals surface area contributed by atoms with Crippen LogP contribution >= 0.6 is 0 Å². The van der Waals surface area contributed by atoms with Gasteiger partial charge in [-0.15, -0.1) is 0 Å². The van der Waals surface area contributed by atoms with Crippen LogP contribution in [0, 0.1) is 11.3 Å². The molecule has 0 aromatic carbocycles. The molecule has 2 heterocycles. The predicted octanol–water partition coefficient (Wildman–Crippen LogP) is 2.41. The number of rotatable bonds is 2. The van der Waals surface area contributed by atoms with Gasteiger partial charge in [0.1, 0.15) is 0 Å². The van der Waals surface area contributed by atoms with Crippen LogP contribution in [0.25, 0.3) is 5.52 Å². The number of aromatic nitrogens is 1. The fraction of sp³-hybridized carbons (Fsp3) is 0.375. The zero-order chi connectivity index (χ0) is 14.1. The van der Waals surface area contributed by atoms with Crippen LogP contribution in [0.3, 0.4) is 0 Å². The fourth-order valence-electron chi connectivity index (χ4n) is 3.09. The van der Waals surface area contributed by atoms with E-state index in [4.69, 9.17) is 10.00 Å². The van der Waals surface area contributed by atoms with Crippen LogP contribution < -0.4 is 0 Å². The van der Waals surface area contributed by atoms with Crippen LogP contribution in [0.2, 0.25) is 0 Å². The summed E-state index contributed by atoms with van der Waals surface area (Å²) in [4.78, 5) is 11.7. The van der Waals surface area contributed by atoms with Crippen molar-refractivity contribution in [2.24, 2.45) is 0 Å². The van der Waals surface area contributed by atoms with Gasteiger partial charge in [-0.25, -0.2) is 0 Å². The van der Waals surface area contributed by atoms with Gasteiger partial charge in [-0.3, -0.25) is 4.79 Å². The molecule has 4 nitrogen and oxygen atoms in total. The number of carbonyl (C=O) groups is 1. The molecule has 1 aliphatic carbocycles. The topological polar surface area (TPSA) is 54.5 Å². The third-order valence-corrected chi connectivity index (χ3v) is 4.04. The summed E-state index contributed by atoms with van der Waals surface area (Å²) in [6, 6.07) is 5.86. The second-order valence-electron chi connectivity index (χ2n) is 5.15. The highest BCUT2D eigenvalue weighted by atomic mass is 16.5. The normalized spacial score (nSPS) is 13.8. The van der Waals surface area contributed by atoms with Crippen molar-refractivity contribution in [1.29, 1.82) is 5.26 Å². The van der Waals surface area contributed by atoms with Crippen molar-refractivity contribution in [3.05, 3.63) is 40.7 Å². The molecular formula is C16H16N2O2. The molecule has 0 amide bonds. The van der Waals surface area contributed by atoms with Gasteiger partial charge in [-0.2, -0.15) is 5.26 Å². The number of hydrogen-bond acceptors (Lipinski definition) is 3. The van der Waals surface area contributed by atoms with Crippen LogP contribution in [-0.2, 0) is 28.8 Å². The lowest BCUT2D eigenvalue weighted by molar-refractivity contribution is -0.139. The van der Waals surface area contributed by atoms with Crippen molar-refractivity contribution < 1.29 is 9.53 Å². The maximum absolute atomic E-state index is 11.7. The number of nitriles is 1. The molecule has 0 radical (unpaired) electrons. The van der Waals surface area contributed by atoms with E-state index in [0.29, 0.717) is 5.56 Å². The Kier molecular flexibility index (Phi) is 3.19. The Morgan fingerprint density at radius 1 is 1.45 bits per heavy atom. The number of hydrogen-bond donors (Lipinski definition) is 0. The van der Waals surface area contributed by atoms with E-state index in [2.05, 4.69) is 10.5 Å². The summed E-state index contributed by atoms with van der Waals surface area (Å²) < 4.78 is 6.94. The van der Waals surface area contributed by atoms with E-state index in [1.54, 1.807) is 0 Å². The van der Waals surface area contributed by atoms with Gasteiger partial charge in [0.15, 0.2) is 0 Å². The monoisotopic (exact) mass is 268 g/mol. The third-order valence-electron chi connectivity index (χ3n) is 4.04. The Morgan fingerprint density at radius 2 is 2.25 bits per heavy atom. The number of pyridine rings is 1. The summed E-state index contributed by atoms with van der Waals surface area (Å²) in [6.07, 6.45) is 6.60. The number of ether oxygens (including phenoxy) is 1. The summed E-state index contributed by atoms with van der Waals surface area (Å²) >= 11 is 0. The second-order valence-corrected chi connectivity index (χ2v) is 5.15. The van der Waals surface area contributed by atoms with E-state index in [0.717, 1.165) is 30.3 Å². The fourth-order valence-corrected chi connectivity index (χ4v) is 3.09. The lowest BCUT2D eigenvalue weighted by Gasteiger charge is -2.13. The van der Waals surface area contributed by atoms with Gasteiger partial charge in [-0.1, -0.05) is 0 Å². The van der Waals surface area contributed by atoms with Gasteiger partial charge >= 0.3 is 5.97 Å². The molecule has 0 atom stereocenters. The molecule has 1 aliphatic rings. The maximum Gasteiger partial charge on any atom is 0.310 e. The smallest absolute Gasteiger partial charge is 0.310 e. The first kappa shape index (κ1) is 12.7. The molecule has 0 saturated carbocycles. The van der Waals surface area contributed by atoms with E-state index < -0.39 is 0 Å². The molecule has 4 heteroatoms. The van der Waals surface area contributed by atoms with E-state index in [1.165, 1.54) is 24.8 Å². The third kappa shape index (κ3) is 1.96. The standard InChI is InChI=1S/C16H16N2O2/c1-20-16(19)9-13-12-4-2-3-5-14(12)18-7-6-11(10-17)8-15(13)18/h6-8H,2-5,9H2,1H3. The first-order valence-corrected chi connectivity index (χ1v) is 6.86. The van der Waals surface area contributed by atoms with Crippen molar-refractivity contribution in [3.63, 3.8) is 0 Å². The van der Waals surface area contributed by atoms with E-state index in [-0.39, 0.29) is 12.4 Å². The number of aryl methyl sites for hydroxylation is 1. The van der Waals surface area contributed by atoms with Crippen LogP contribution in [0.1, 0.15) is 35.2 Å². The highest BCUT2D eigenvalue weighted by Gasteiger charge is 2.22. The van der Waals surface area contributed by atoms with Crippen molar-refractivity contribution in [2.45, 2.75) is 32.1 Å². The predicted molar refractivity (Wildman–Crippen MR) is 74.5 cm³/mol. The highest BCUT2D eigenvalue weighted by molar-refractivity contribution is 5.78. The first-order valence-electron chi connectivity index (χ1n) is 6.86. The molecular weight excluding hydrogens is 252 g/mol. The van der Waals surface area contributed by atoms with Gasteiger partial charge in [0, 0.05) is 11.9 Å². The number of fused-ring (bicyclic) bond motifs is 3. The molecule has 2 aromatic heterocycles. The van der Waals surface area contributed by atoms with Gasteiger partial charge < -0.3 is 9.14 Å². The average Bonchev–Trinajstić information content (AvgIpc) is 2.81. The maximum atomic E-state index is 11.7. The molecule has 0 bridgehead atoms. The van der Waals surface area contributed by atoms with Gasteiger partial charge in [0.25, 0.3) is 0 Å². The zero-order valence-corrected chi connectivity index (χ0v) is 11.5. The number of carbonyl (C=O) groups excluding carboxylic acids is 1. The molecule has 3 rings (SSSR count). The van der Waals surface area contributed by atoms with Crippen LogP contribution in [0.15, 0.2) is 18.3 Å². The first-order chi connectivity index (χ1) is 9.74. The Bertz CT molecular complexity index is 722. The molecule has 20 heavy (non-hydrogen) atoms. The van der Waals surface area contributed by atoms with Crippen molar-refractivity contribution in [1.82, 2.24) is 4.40 Å². The SMILES string of the molecule is COC(=O)Cc1c2c(n3ccc(C#N)cc13)CCCC2. The molecule has 0 N–H and O–H groups in total. The Morgan fingerprint density at radius 3 is 3.00 bits per heavy atom. The number of nitrogens with zero attached hydrogens (tertiary/aromatic N) is 2. The Hall–Kier alpha value is -2.28. The Labute approximate surface area is 117 Å². The van der Waals surface area contributed by atoms with Gasteiger partial charge in [0.05, 0.1) is 30.7 Å². The van der Waals surface area contributed by atoms with E-state index in [1.807, 2.05) is 18.3 Å². The summed E-state index contributed by atoms with van der Waals surface area (Å²) in [5, 5.41) is 9.07. The minimum atomic E-state index is -0.228.